The van der Waals surface area contributed by atoms with Gasteiger partial charge >= 0.3 is 0 Å². The van der Waals surface area contributed by atoms with Crippen molar-refractivity contribution in [1.82, 2.24) is 14.3 Å². The summed E-state index contributed by atoms with van der Waals surface area (Å²) < 4.78 is 28.9. The fourth-order valence-electron chi connectivity index (χ4n) is 2.84. The molecule has 0 radical (unpaired) electrons. The second-order valence-electron chi connectivity index (χ2n) is 5.58. The lowest BCUT2D eigenvalue weighted by Crippen LogP contribution is -2.50. The van der Waals surface area contributed by atoms with Crippen LogP contribution in [0.1, 0.15) is 26.7 Å². The Labute approximate surface area is 116 Å². The van der Waals surface area contributed by atoms with Crippen LogP contribution in [0.15, 0.2) is 0 Å². The van der Waals surface area contributed by atoms with Gasteiger partial charge in [-0.15, -0.1) is 12.4 Å². The van der Waals surface area contributed by atoms with Crippen LogP contribution >= 0.6 is 12.4 Å². The van der Waals surface area contributed by atoms with Crippen molar-refractivity contribution in [3.63, 3.8) is 0 Å². The van der Waals surface area contributed by atoms with E-state index in [1.54, 1.807) is 4.31 Å². The largest absolute Gasteiger partial charge is 0.315 e. The van der Waals surface area contributed by atoms with Crippen molar-refractivity contribution in [2.24, 2.45) is 11.8 Å². The summed E-state index contributed by atoms with van der Waals surface area (Å²) in [4.78, 5) is 0. The number of nitrogens with zero attached hydrogens (tertiary/aromatic N) is 1. The molecule has 0 saturated carbocycles. The molecule has 18 heavy (non-hydrogen) atoms. The lowest BCUT2D eigenvalue weighted by atomic mass is 9.94. The predicted molar refractivity (Wildman–Crippen MR) is 75.1 cm³/mol. The first kappa shape index (κ1) is 16.2. The van der Waals surface area contributed by atoms with E-state index in [4.69, 9.17) is 0 Å². The van der Waals surface area contributed by atoms with Gasteiger partial charge in [-0.3, -0.25) is 0 Å². The molecule has 2 heterocycles. The fourth-order valence-corrected chi connectivity index (χ4v) is 4.52. The average molecular weight is 298 g/mol. The first-order valence-electron chi connectivity index (χ1n) is 6.45. The third kappa shape index (κ3) is 4.06. The van der Waals surface area contributed by atoms with Crippen molar-refractivity contribution >= 4 is 22.6 Å². The summed E-state index contributed by atoms with van der Waals surface area (Å²) in [6, 6.07) is 0.0625. The Morgan fingerprint density at radius 3 is 2.33 bits per heavy atom. The monoisotopic (exact) mass is 297 g/mol. The third-order valence-corrected chi connectivity index (χ3v) is 5.16. The maximum absolute atomic E-state index is 12.2. The van der Waals surface area contributed by atoms with Gasteiger partial charge in [0.1, 0.15) is 0 Å². The van der Waals surface area contributed by atoms with Crippen LogP contribution in [0.5, 0.6) is 0 Å². The molecule has 0 aromatic rings. The van der Waals surface area contributed by atoms with E-state index < -0.39 is 10.2 Å². The second kappa shape index (κ2) is 6.52. The number of halogens is 1. The van der Waals surface area contributed by atoms with Gasteiger partial charge in [0.2, 0.25) is 0 Å². The molecule has 0 aromatic carbocycles. The molecule has 5 nitrogen and oxygen atoms in total. The fraction of sp³-hybridized carbons (Fsp3) is 1.00. The van der Waals surface area contributed by atoms with E-state index in [2.05, 4.69) is 23.9 Å². The predicted octanol–water partition coefficient (Wildman–Crippen LogP) is 0.582. The summed E-state index contributed by atoms with van der Waals surface area (Å²) in [5, 5.41) is 3.17. The van der Waals surface area contributed by atoms with Crippen molar-refractivity contribution in [3.8, 4) is 0 Å². The Balaban J connectivity index is 0.00000162. The summed E-state index contributed by atoms with van der Waals surface area (Å²) in [6.07, 6.45) is 2.01. The first-order chi connectivity index (χ1) is 7.97. The molecule has 2 N–H and O–H groups in total. The minimum absolute atomic E-state index is 0. The summed E-state index contributed by atoms with van der Waals surface area (Å²) >= 11 is 0. The van der Waals surface area contributed by atoms with Crippen molar-refractivity contribution < 1.29 is 8.42 Å². The molecule has 2 aliphatic heterocycles. The van der Waals surface area contributed by atoms with Gasteiger partial charge in [0, 0.05) is 25.7 Å². The molecule has 3 unspecified atom stereocenters. The molecule has 2 fully saturated rings. The van der Waals surface area contributed by atoms with Gasteiger partial charge in [-0.25, -0.2) is 0 Å². The third-order valence-electron chi connectivity index (χ3n) is 3.55. The molecule has 2 rings (SSSR count). The highest BCUT2D eigenvalue weighted by Crippen LogP contribution is 2.22. The molecule has 2 saturated heterocycles. The molecular formula is C11H24ClN3O2S. The standard InChI is InChI=1S/C11H23N3O2S.ClH/c1-9-5-10(2)8-14(7-9)17(15,16)13-11-3-4-12-6-11;/h9-13H,3-8H2,1-2H3;1H. The molecular weight excluding hydrogens is 274 g/mol. The van der Waals surface area contributed by atoms with E-state index in [1.807, 2.05) is 0 Å². The number of piperidine rings is 1. The highest BCUT2D eigenvalue weighted by Gasteiger charge is 2.32. The van der Waals surface area contributed by atoms with Gasteiger partial charge in [0.05, 0.1) is 0 Å². The van der Waals surface area contributed by atoms with Gasteiger partial charge in [-0.2, -0.15) is 17.4 Å². The molecule has 0 spiro atoms. The molecule has 0 aliphatic carbocycles. The Morgan fingerprint density at radius 2 is 1.83 bits per heavy atom. The van der Waals surface area contributed by atoms with Crippen LogP contribution in [-0.2, 0) is 10.2 Å². The normalized spacial score (nSPS) is 34.2. The van der Waals surface area contributed by atoms with Crippen LogP contribution in [0.2, 0.25) is 0 Å². The molecule has 108 valence electrons. The Bertz CT molecular complexity index is 347. The molecule has 2 aliphatic rings. The number of rotatable bonds is 3. The first-order valence-corrected chi connectivity index (χ1v) is 7.89. The van der Waals surface area contributed by atoms with Gasteiger partial charge in [0.25, 0.3) is 10.2 Å². The van der Waals surface area contributed by atoms with Crippen LogP contribution in [0.3, 0.4) is 0 Å². The van der Waals surface area contributed by atoms with E-state index in [0.717, 1.165) is 25.9 Å². The van der Waals surface area contributed by atoms with E-state index >= 15 is 0 Å². The second-order valence-corrected chi connectivity index (χ2v) is 7.28. The van der Waals surface area contributed by atoms with Crippen LogP contribution in [0, 0.1) is 11.8 Å². The quantitative estimate of drug-likeness (QED) is 0.801. The lowest BCUT2D eigenvalue weighted by Gasteiger charge is -2.34. The minimum Gasteiger partial charge on any atom is -0.315 e. The van der Waals surface area contributed by atoms with E-state index in [1.165, 1.54) is 0 Å². The highest BCUT2D eigenvalue weighted by atomic mass is 35.5. The van der Waals surface area contributed by atoms with Gasteiger partial charge in [0.15, 0.2) is 0 Å². The van der Waals surface area contributed by atoms with Gasteiger partial charge in [-0.05, 0) is 31.2 Å². The van der Waals surface area contributed by atoms with Crippen LogP contribution in [0.4, 0.5) is 0 Å². The smallest absolute Gasteiger partial charge is 0.279 e. The summed E-state index contributed by atoms with van der Waals surface area (Å²) in [5.41, 5.74) is 0. The summed E-state index contributed by atoms with van der Waals surface area (Å²) in [5.74, 6) is 0.911. The van der Waals surface area contributed by atoms with Crippen LogP contribution in [0.25, 0.3) is 0 Å². The zero-order valence-corrected chi connectivity index (χ0v) is 12.7. The number of nitrogens with one attached hydrogen (secondary N) is 2. The molecule has 7 heteroatoms. The lowest BCUT2D eigenvalue weighted by molar-refractivity contribution is 0.220. The topological polar surface area (TPSA) is 61.4 Å². The Morgan fingerprint density at radius 1 is 1.22 bits per heavy atom. The minimum atomic E-state index is -3.29. The molecule has 0 amide bonds. The SMILES string of the molecule is CC1CC(C)CN(S(=O)(=O)NC2CCNC2)C1.Cl. The van der Waals surface area contributed by atoms with Crippen molar-refractivity contribution in [2.75, 3.05) is 26.2 Å². The van der Waals surface area contributed by atoms with Gasteiger partial charge < -0.3 is 5.32 Å². The Hall–Kier alpha value is 0.120. The molecule has 0 bridgehead atoms. The van der Waals surface area contributed by atoms with E-state index in [-0.39, 0.29) is 18.4 Å². The number of hydrogen-bond acceptors (Lipinski definition) is 3. The molecule has 0 aromatic heterocycles. The highest BCUT2D eigenvalue weighted by molar-refractivity contribution is 7.87. The maximum atomic E-state index is 12.2. The van der Waals surface area contributed by atoms with Crippen molar-refractivity contribution in [1.29, 1.82) is 0 Å². The zero-order valence-electron chi connectivity index (χ0n) is 11.1. The molecule has 3 atom stereocenters. The van der Waals surface area contributed by atoms with Crippen LogP contribution < -0.4 is 10.0 Å². The number of hydrogen-bond donors (Lipinski definition) is 2. The van der Waals surface area contributed by atoms with Crippen LogP contribution in [-0.4, -0.2) is 44.9 Å². The summed E-state index contributed by atoms with van der Waals surface area (Å²) in [6.45, 7) is 7.20. The zero-order chi connectivity index (χ0) is 12.5. The van der Waals surface area contributed by atoms with Crippen molar-refractivity contribution in [3.05, 3.63) is 0 Å². The summed E-state index contributed by atoms with van der Waals surface area (Å²) in [7, 11) is -3.29. The average Bonchev–Trinajstić information content (AvgIpc) is 2.68. The Kier molecular flexibility index (Phi) is 5.86. The van der Waals surface area contributed by atoms with E-state index in [0.29, 0.717) is 24.9 Å². The van der Waals surface area contributed by atoms with E-state index in [9.17, 15) is 8.42 Å². The van der Waals surface area contributed by atoms with Gasteiger partial charge in [-0.1, -0.05) is 13.8 Å². The maximum Gasteiger partial charge on any atom is 0.279 e. The van der Waals surface area contributed by atoms with Crippen molar-refractivity contribution in [2.45, 2.75) is 32.7 Å².